The lowest BCUT2D eigenvalue weighted by molar-refractivity contribution is 0.193. The molecule has 1 N–H and O–H groups in total. The van der Waals surface area contributed by atoms with Crippen LogP contribution in [0.1, 0.15) is 36.8 Å². The molecular weight excluding hydrogens is 216 g/mol. The summed E-state index contributed by atoms with van der Waals surface area (Å²) in [6.07, 6.45) is 6.39. The van der Waals surface area contributed by atoms with E-state index in [1.54, 1.807) is 0 Å². The zero-order valence-corrected chi connectivity index (χ0v) is 10.2. The molecular formula is C13H20N2O2. The third-order valence-corrected chi connectivity index (χ3v) is 3.84. The summed E-state index contributed by atoms with van der Waals surface area (Å²) in [6.45, 7) is 3.93. The average molecular weight is 236 g/mol. The Morgan fingerprint density at radius 2 is 2.18 bits per heavy atom. The molecule has 94 valence electrons. The Labute approximate surface area is 102 Å². The largest absolute Gasteiger partial charge is 0.449 e. The molecule has 0 spiro atoms. The Kier molecular flexibility index (Phi) is 3.43. The number of ether oxygens (including phenoxy) is 1. The first-order chi connectivity index (χ1) is 8.42. The number of nitrogens with one attached hydrogen (secondary N) is 1. The molecule has 3 heterocycles. The molecule has 4 heteroatoms. The smallest absolute Gasteiger partial charge is 0.194 e. The summed E-state index contributed by atoms with van der Waals surface area (Å²) in [5, 5.41) is 3.38. The van der Waals surface area contributed by atoms with Crippen molar-refractivity contribution in [3.8, 4) is 0 Å². The van der Waals surface area contributed by atoms with Crippen LogP contribution in [0.5, 0.6) is 0 Å². The van der Waals surface area contributed by atoms with E-state index in [4.69, 9.17) is 9.15 Å². The molecule has 1 unspecified atom stereocenters. The molecule has 2 saturated heterocycles. The first-order valence-electron chi connectivity index (χ1n) is 6.64. The lowest BCUT2D eigenvalue weighted by Crippen LogP contribution is -2.28. The van der Waals surface area contributed by atoms with E-state index in [9.17, 15) is 0 Å². The topological polar surface area (TPSA) is 47.3 Å². The first kappa shape index (κ1) is 11.2. The van der Waals surface area contributed by atoms with Gasteiger partial charge in [-0.25, -0.2) is 4.98 Å². The molecule has 2 aliphatic heterocycles. The van der Waals surface area contributed by atoms with Crippen LogP contribution in [0.25, 0.3) is 0 Å². The monoisotopic (exact) mass is 236 g/mol. The van der Waals surface area contributed by atoms with Crippen molar-refractivity contribution >= 4 is 0 Å². The van der Waals surface area contributed by atoms with E-state index in [1.807, 2.05) is 6.26 Å². The molecule has 2 fully saturated rings. The second kappa shape index (κ2) is 5.19. The number of rotatable bonds is 3. The van der Waals surface area contributed by atoms with Crippen molar-refractivity contribution in [2.45, 2.75) is 31.6 Å². The summed E-state index contributed by atoms with van der Waals surface area (Å²) in [6, 6.07) is 0. The van der Waals surface area contributed by atoms with Crippen LogP contribution < -0.4 is 5.32 Å². The van der Waals surface area contributed by atoms with Gasteiger partial charge in [-0.1, -0.05) is 0 Å². The molecule has 1 atom stereocenters. The minimum absolute atomic E-state index is 0.459. The van der Waals surface area contributed by atoms with E-state index in [2.05, 4.69) is 10.3 Å². The SMILES string of the molecule is c1oc(CC2CCNCC2)nc1C1CCOC1. The highest BCUT2D eigenvalue weighted by Gasteiger charge is 2.22. The second-order valence-corrected chi connectivity index (χ2v) is 5.12. The van der Waals surface area contributed by atoms with Crippen molar-refractivity contribution in [2.75, 3.05) is 26.3 Å². The Morgan fingerprint density at radius 1 is 1.29 bits per heavy atom. The fourth-order valence-electron chi connectivity index (χ4n) is 2.71. The van der Waals surface area contributed by atoms with Gasteiger partial charge in [0.05, 0.1) is 12.3 Å². The van der Waals surface area contributed by atoms with Gasteiger partial charge in [-0.2, -0.15) is 0 Å². The van der Waals surface area contributed by atoms with Crippen LogP contribution in [0.15, 0.2) is 10.7 Å². The van der Waals surface area contributed by atoms with E-state index in [1.165, 1.54) is 12.8 Å². The predicted molar refractivity (Wildman–Crippen MR) is 64.0 cm³/mol. The van der Waals surface area contributed by atoms with Gasteiger partial charge < -0.3 is 14.5 Å². The van der Waals surface area contributed by atoms with Crippen molar-refractivity contribution < 1.29 is 9.15 Å². The zero-order chi connectivity index (χ0) is 11.5. The first-order valence-corrected chi connectivity index (χ1v) is 6.64. The predicted octanol–water partition coefficient (Wildman–Crippen LogP) is 1.72. The van der Waals surface area contributed by atoms with E-state index in [0.717, 1.165) is 56.6 Å². The normalized spacial score (nSPS) is 26.5. The van der Waals surface area contributed by atoms with Crippen molar-refractivity contribution in [1.29, 1.82) is 0 Å². The van der Waals surface area contributed by atoms with E-state index >= 15 is 0 Å². The number of piperidine rings is 1. The van der Waals surface area contributed by atoms with E-state index in [-0.39, 0.29) is 0 Å². The maximum atomic E-state index is 5.59. The third kappa shape index (κ3) is 2.69. The molecule has 4 nitrogen and oxygen atoms in total. The highest BCUT2D eigenvalue weighted by molar-refractivity contribution is 5.06. The molecule has 17 heavy (non-hydrogen) atoms. The lowest BCUT2D eigenvalue weighted by Gasteiger charge is -2.20. The van der Waals surface area contributed by atoms with Crippen LogP contribution in [-0.4, -0.2) is 31.3 Å². The van der Waals surface area contributed by atoms with Gasteiger partial charge in [-0.15, -0.1) is 0 Å². The van der Waals surface area contributed by atoms with Crippen LogP contribution in [0.3, 0.4) is 0 Å². The zero-order valence-electron chi connectivity index (χ0n) is 10.2. The van der Waals surface area contributed by atoms with Gasteiger partial charge in [0.15, 0.2) is 5.89 Å². The Hall–Kier alpha value is -0.870. The van der Waals surface area contributed by atoms with Gasteiger partial charge in [-0.05, 0) is 38.3 Å². The minimum atomic E-state index is 0.459. The van der Waals surface area contributed by atoms with E-state index < -0.39 is 0 Å². The average Bonchev–Trinajstić information content (AvgIpc) is 3.00. The van der Waals surface area contributed by atoms with Crippen molar-refractivity contribution in [3.63, 3.8) is 0 Å². The molecule has 0 amide bonds. The highest BCUT2D eigenvalue weighted by Crippen LogP contribution is 2.25. The number of nitrogens with zero attached hydrogens (tertiary/aromatic N) is 1. The molecule has 0 aliphatic carbocycles. The van der Waals surface area contributed by atoms with Crippen molar-refractivity contribution in [1.82, 2.24) is 10.3 Å². The quantitative estimate of drug-likeness (QED) is 0.868. The number of aromatic nitrogens is 1. The van der Waals surface area contributed by atoms with Gasteiger partial charge >= 0.3 is 0 Å². The van der Waals surface area contributed by atoms with Crippen molar-refractivity contribution in [2.24, 2.45) is 5.92 Å². The summed E-state index contributed by atoms with van der Waals surface area (Å²) in [7, 11) is 0. The maximum absolute atomic E-state index is 5.59. The number of hydrogen-bond donors (Lipinski definition) is 1. The summed E-state index contributed by atoms with van der Waals surface area (Å²) in [5.41, 5.74) is 1.09. The molecule has 2 aliphatic rings. The summed E-state index contributed by atoms with van der Waals surface area (Å²) in [5.74, 6) is 2.11. The summed E-state index contributed by atoms with van der Waals surface area (Å²) >= 11 is 0. The Balaban J connectivity index is 1.59. The molecule has 1 aromatic rings. The van der Waals surface area contributed by atoms with E-state index in [0.29, 0.717) is 5.92 Å². The second-order valence-electron chi connectivity index (χ2n) is 5.12. The standard InChI is InChI=1S/C13H20N2O2/c1-4-14-5-2-10(1)7-13-15-12(9-17-13)11-3-6-16-8-11/h9-11,14H,1-8H2. The number of hydrogen-bond acceptors (Lipinski definition) is 4. The number of oxazole rings is 1. The van der Waals surface area contributed by atoms with Crippen molar-refractivity contribution in [3.05, 3.63) is 17.8 Å². The fourth-order valence-corrected chi connectivity index (χ4v) is 2.71. The lowest BCUT2D eigenvalue weighted by atomic mass is 9.95. The molecule has 1 aromatic heterocycles. The van der Waals surface area contributed by atoms with Gasteiger partial charge in [0.25, 0.3) is 0 Å². The summed E-state index contributed by atoms with van der Waals surface area (Å²) in [4.78, 5) is 4.62. The Morgan fingerprint density at radius 3 is 2.94 bits per heavy atom. The Bertz CT molecular complexity index is 352. The van der Waals surface area contributed by atoms with Gasteiger partial charge in [0.1, 0.15) is 6.26 Å². The maximum Gasteiger partial charge on any atom is 0.194 e. The van der Waals surface area contributed by atoms with Crippen LogP contribution in [0, 0.1) is 5.92 Å². The van der Waals surface area contributed by atoms with Gasteiger partial charge in [0.2, 0.25) is 0 Å². The molecule has 0 saturated carbocycles. The highest BCUT2D eigenvalue weighted by atomic mass is 16.5. The van der Waals surface area contributed by atoms with Crippen LogP contribution in [-0.2, 0) is 11.2 Å². The van der Waals surface area contributed by atoms with Crippen LogP contribution in [0.2, 0.25) is 0 Å². The minimum Gasteiger partial charge on any atom is -0.449 e. The molecule has 0 radical (unpaired) electrons. The van der Waals surface area contributed by atoms with Gasteiger partial charge in [-0.3, -0.25) is 0 Å². The van der Waals surface area contributed by atoms with Crippen LogP contribution in [0.4, 0.5) is 0 Å². The third-order valence-electron chi connectivity index (χ3n) is 3.84. The molecule has 0 bridgehead atoms. The molecule has 0 aromatic carbocycles. The molecule has 3 rings (SSSR count). The van der Waals surface area contributed by atoms with Crippen LogP contribution >= 0.6 is 0 Å². The fraction of sp³-hybridized carbons (Fsp3) is 0.769. The summed E-state index contributed by atoms with van der Waals surface area (Å²) < 4.78 is 11.0. The van der Waals surface area contributed by atoms with Gasteiger partial charge in [0, 0.05) is 18.9 Å².